The van der Waals surface area contributed by atoms with Crippen molar-refractivity contribution in [2.45, 2.75) is 71.8 Å². The van der Waals surface area contributed by atoms with Crippen LogP contribution in [-0.2, 0) is 32.3 Å². The number of likely N-dealkylation sites (tertiary alicyclic amines) is 1. The molecule has 0 bridgehead atoms. The summed E-state index contributed by atoms with van der Waals surface area (Å²) in [6.45, 7) is 5.36. The quantitative estimate of drug-likeness (QED) is 0.279. The van der Waals surface area contributed by atoms with Gasteiger partial charge >= 0.3 is 11.7 Å². The first kappa shape index (κ1) is 33.1. The number of carboxylic acid groups (broad SMARTS) is 1. The lowest BCUT2D eigenvalue weighted by molar-refractivity contribution is -0.158. The van der Waals surface area contributed by atoms with E-state index in [1.807, 2.05) is 0 Å². The summed E-state index contributed by atoms with van der Waals surface area (Å²) in [5.41, 5.74) is 5.00. The van der Waals surface area contributed by atoms with Crippen LogP contribution in [0.3, 0.4) is 0 Å². The number of nitrogens with zero attached hydrogens (tertiary/aromatic N) is 5. The van der Waals surface area contributed by atoms with E-state index in [-0.39, 0.29) is 18.2 Å². The van der Waals surface area contributed by atoms with E-state index in [4.69, 9.17) is 15.3 Å². The van der Waals surface area contributed by atoms with Crippen LogP contribution >= 0.6 is 0 Å². The minimum absolute atomic E-state index is 0.130. The molecule has 0 spiro atoms. The lowest BCUT2D eigenvalue weighted by Gasteiger charge is -2.35. The van der Waals surface area contributed by atoms with Gasteiger partial charge in [-0.25, -0.2) is 19.2 Å². The number of aliphatic carboxylic acids is 1. The molecule has 4 rings (SSSR count). The molecule has 15 heteroatoms. The third-order valence-corrected chi connectivity index (χ3v) is 7.77. The normalized spacial score (nSPS) is 16.6. The van der Waals surface area contributed by atoms with Gasteiger partial charge in [-0.15, -0.1) is 0 Å². The molecule has 45 heavy (non-hydrogen) atoms. The zero-order valence-electron chi connectivity index (χ0n) is 25.4. The molecule has 3 amide bonds. The van der Waals surface area contributed by atoms with Crippen LogP contribution in [0.4, 0.5) is 0 Å². The van der Waals surface area contributed by atoms with Crippen molar-refractivity contribution in [3.05, 3.63) is 63.3 Å². The van der Waals surface area contributed by atoms with Crippen LogP contribution in [0.15, 0.2) is 50.5 Å². The van der Waals surface area contributed by atoms with Crippen LogP contribution in [0.25, 0.3) is 11.1 Å². The van der Waals surface area contributed by atoms with E-state index in [0.29, 0.717) is 33.5 Å². The second kappa shape index (κ2) is 13.5. The van der Waals surface area contributed by atoms with Gasteiger partial charge in [-0.1, -0.05) is 39.8 Å². The highest BCUT2D eigenvalue weighted by Crippen LogP contribution is 2.29. The van der Waals surface area contributed by atoms with E-state index in [1.165, 1.54) is 0 Å². The minimum atomic E-state index is -1.46. The standard InChI is InChI=1S/C30H36N6O9/c1-16(2)24(31)29(43)36(22(38)14-33-13-11-21(37)35(30(33)44)15-23(39)40)28(42)19-9-7-12-34(19)25(17(3)4)26(41)27-32-18-8-5-6-10-20(18)45-27/h5-6,8,10-11,13,16-17,19,24-25H,7,9,12,14-15,31H2,1-4H3,(H,39,40)/t19-,24-,25-/m0/s1. The van der Waals surface area contributed by atoms with Crippen molar-refractivity contribution in [3.8, 4) is 0 Å². The molecule has 0 aliphatic carbocycles. The fourth-order valence-electron chi connectivity index (χ4n) is 5.44. The Kier molecular flexibility index (Phi) is 9.93. The zero-order valence-corrected chi connectivity index (χ0v) is 25.4. The van der Waals surface area contributed by atoms with Crippen LogP contribution in [-0.4, -0.2) is 83.2 Å². The molecule has 0 unspecified atom stereocenters. The molecule has 1 fully saturated rings. The maximum absolute atomic E-state index is 14.2. The number of carbonyl (C=O) groups excluding carboxylic acids is 4. The summed E-state index contributed by atoms with van der Waals surface area (Å²) >= 11 is 0. The van der Waals surface area contributed by atoms with E-state index < -0.39 is 77.9 Å². The van der Waals surface area contributed by atoms with E-state index in [9.17, 15) is 33.6 Å². The van der Waals surface area contributed by atoms with Gasteiger partial charge in [-0.3, -0.25) is 38.2 Å². The molecule has 1 aliphatic heterocycles. The SMILES string of the molecule is CC(C)[C@H](N)C(=O)N(C(=O)Cn1ccc(=O)n(CC(=O)O)c1=O)C(=O)[C@@H]1CCCN1[C@H](C(=O)c1nc2ccccc2o1)C(C)C. The number of amides is 3. The van der Waals surface area contributed by atoms with E-state index in [1.54, 1.807) is 56.9 Å². The third-order valence-electron chi connectivity index (χ3n) is 7.77. The maximum Gasteiger partial charge on any atom is 0.331 e. The molecule has 1 aromatic carbocycles. The topological polar surface area (TPSA) is 208 Å². The number of fused-ring (bicyclic) bond motifs is 1. The average Bonchev–Trinajstić information content (AvgIpc) is 3.63. The van der Waals surface area contributed by atoms with Crippen LogP contribution in [0.2, 0.25) is 0 Å². The molecule has 1 aliphatic rings. The molecular weight excluding hydrogens is 588 g/mol. The number of imide groups is 3. The molecule has 3 N–H and O–H groups in total. The predicted octanol–water partition coefficient (Wildman–Crippen LogP) is 0.473. The molecule has 3 aromatic rings. The van der Waals surface area contributed by atoms with E-state index >= 15 is 0 Å². The summed E-state index contributed by atoms with van der Waals surface area (Å²) in [6.07, 6.45) is 1.68. The summed E-state index contributed by atoms with van der Waals surface area (Å²) in [4.78, 5) is 97.6. The first-order valence-corrected chi connectivity index (χ1v) is 14.6. The van der Waals surface area contributed by atoms with E-state index in [2.05, 4.69) is 4.98 Å². The van der Waals surface area contributed by atoms with Crippen LogP contribution < -0.4 is 17.0 Å². The fourth-order valence-corrected chi connectivity index (χ4v) is 5.44. The summed E-state index contributed by atoms with van der Waals surface area (Å²) in [6, 6.07) is 4.57. The molecule has 15 nitrogen and oxygen atoms in total. The number of benzene rings is 1. The number of carboxylic acids is 1. The average molecular weight is 625 g/mol. The monoisotopic (exact) mass is 624 g/mol. The first-order valence-electron chi connectivity index (χ1n) is 14.6. The lowest BCUT2D eigenvalue weighted by Crippen LogP contribution is -2.59. The van der Waals surface area contributed by atoms with Crippen molar-refractivity contribution in [3.63, 3.8) is 0 Å². The molecule has 0 radical (unpaired) electrons. The van der Waals surface area contributed by atoms with Gasteiger partial charge < -0.3 is 15.3 Å². The van der Waals surface area contributed by atoms with Gasteiger partial charge in [-0.2, -0.15) is 0 Å². The molecule has 240 valence electrons. The third kappa shape index (κ3) is 6.83. The zero-order chi connectivity index (χ0) is 33.2. The number of Topliss-reactive ketones (excluding diaryl/α,β-unsaturated/α-hetero) is 1. The summed E-state index contributed by atoms with van der Waals surface area (Å²) in [5.74, 6) is -5.86. The Bertz CT molecular complexity index is 1720. The number of oxazole rings is 1. The number of carbonyl (C=O) groups is 5. The van der Waals surface area contributed by atoms with Gasteiger partial charge in [0.15, 0.2) is 5.58 Å². The second-order valence-electron chi connectivity index (χ2n) is 11.7. The Morgan fingerprint density at radius 1 is 1.04 bits per heavy atom. The summed E-state index contributed by atoms with van der Waals surface area (Å²) in [7, 11) is 0. The highest BCUT2D eigenvalue weighted by atomic mass is 16.4. The van der Waals surface area contributed by atoms with Crippen molar-refractivity contribution in [2.75, 3.05) is 6.54 Å². The van der Waals surface area contributed by atoms with Crippen LogP contribution in [0, 0.1) is 11.8 Å². The van der Waals surface area contributed by atoms with Gasteiger partial charge in [0.25, 0.3) is 29.2 Å². The van der Waals surface area contributed by atoms with Crippen molar-refractivity contribution in [1.82, 2.24) is 23.9 Å². The van der Waals surface area contributed by atoms with Crippen LogP contribution in [0.1, 0.15) is 51.2 Å². The molecule has 3 heterocycles. The van der Waals surface area contributed by atoms with Gasteiger partial charge in [0.1, 0.15) is 18.6 Å². The number of hydrogen-bond donors (Lipinski definition) is 2. The Morgan fingerprint density at radius 2 is 1.73 bits per heavy atom. The van der Waals surface area contributed by atoms with Crippen molar-refractivity contribution >= 4 is 40.6 Å². The Labute approximate surface area is 257 Å². The second-order valence-corrected chi connectivity index (χ2v) is 11.7. The Hall–Kier alpha value is -4.76. The summed E-state index contributed by atoms with van der Waals surface area (Å²) in [5, 5.41) is 9.09. The Balaban J connectivity index is 1.69. The molecule has 1 saturated heterocycles. The van der Waals surface area contributed by atoms with E-state index in [0.717, 1.165) is 16.8 Å². The Morgan fingerprint density at radius 3 is 2.36 bits per heavy atom. The number of nitrogens with two attached hydrogens (primary N) is 1. The van der Waals surface area contributed by atoms with Crippen LogP contribution in [0.5, 0.6) is 0 Å². The smallest absolute Gasteiger partial charge is 0.331 e. The highest BCUT2D eigenvalue weighted by molar-refractivity contribution is 6.14. The molecular formula is C30H36N6O9. The minimum Gasteiger partial charge on any atom is -0.480 e. The van der Waals surface area contributed by atoms with Crippen molar-refractivity contribution < 1.29 is 33.5 Å². The van der Waals surface area contributed by atoms with Gasteiger partial charge in [0.2, 0.25) is 5.78 Å². The van der Waals surface area contributed by atoms with Gasteiger partial charge in [0.05, 0.1) is 18.1 Å². The van der Waals surface area contributed by atoms with Crippen molar-refractivity contribution in [2.24, 2.45) is 17.6 Å². The number of ketones is 1. The molecule has 2 aromatic heterocycles. The first-order chi connectivity index (χ1) is 21.2. The largest absolute Gasteiger partial charge is 0.480 e. The summed E-state index contributed by atoms with van der Waals surface area (Å²) < 4.78 is 6.86. The lowest BCUT2D eigenvalue weighted by atomic mass is 9.96. The fraction of sp³-hybridized carbons (Fsp3) is 0.467. The number of para-hydroxylation sites is 2. The molecule has 3 atom stereocenters. The van der Waals surface area contributed by atoms with Gasteiger partial charge in [0, 0.05) is 12.3 Å². The number of aromatic nitrogens is 3. The maximum atomic E-state index is 14.2. The highest BCUT2D eigenvalue weighted by Gasteiger charge is 2.46. The van der Waals surface area contributed by atoms with Gasteiger partial charge in [-0.05, 0) is 43.4 Å². The predicted molar refractivity (Wildman–Crippen MR) is 159 cm³/mol. The number of rotatable bonds is 11. The molecule has 0 saturated carbocycles. The number of hydrogen-bond acceptors (Lipinski definition) is 11. The van der Waals surface area contributed by atoms with Crippen molar-refractivity contribution in [1.29, 1.82) is 0 Å².